The predicted octanol–water partition coefficient (Wildman–Crippen LogP) is 2.37. The highest BCUT2D eigenvalue weighted by molar-refractivity contribution is 7.90. The summed E-state index contributed by atoms with van der Waals surface area (Å²) in [5.74, 6) is 0.597. The molecule has 0 aliphatic carbocycles. The van der Waals surface area contributed by atoms with Gasteiger partial charge in [0.25, 0.3) is 5.91 Å². The minimum absolute atomic E-state index is 0.166. The van der Waals surface area contributed by atoms with E-state index >= 15 is 0 Å². The molecule has 122 valence electrons. The number of hydrogen-bond donors (Lipinski definition) is 0. The predicted molar refractivity (Wildman–Crippen MR) is 88.3 cm³/mol. The standard InChI is InChI=1S/C17H19NO4S/c1-18(12-13-4-8-15(22-2)9-5-13)17(19)14-6-10-16(11-7-14)23(3,20)21/h4-11H,12H2,1-3H3. The van der Waals surface area contributed by atoms with Gasteiger partial charge in [0.05, 0.1) is 12.0 Å². The van der Waals surface area contributed by atoms with Crippen LogP contribution in [0.3, 0.4) is 0 Å². The number of carbonyl (C=O) groups is 1. The zero-order valence-corrected chi connectivity index (χ0v) is 14.1. The fraction of sp³-hybridized carbons (Fsp3) is 0.235. The first-order valence-corrected chi connectivity index (χ1v) is 8.89. The number of nitrogens with zero attached hydrogens (tertiary/aromatic N) is 1. The second-order valence-corrected chi connectivity index (χ2v) is 7.32. The summed E-state index contributed by atoms with van der Waals surface area (Å²) in [5, 5.41) is 0. The van der Waals surface area contributed by atoms with Crippen LogP contribution in [0.4, 0.5) is 0 Å². The fourth-order valence-corrected chi connectivity index (χ4v) is 2.77. The van der Waals surface area contributed by atoms with Crippen LogP contribution >= 0.6 is 0 Å². The van der Waals surface area contributed by atoms with E-state index in [2.05, 4.69) is 0 Å². The molecule has 6 heteroatoms. The van der Waals surface area contributed by atoms with Gasteiger partial charge in [-0.2, -0.15) is 0 Å². The highest BCUT2D eigenvalue weighted by Gasteiger charge is 2.14. The van der Waals surface area contributed by atoms with Crippen LogP contribution in [0.15, 0.2) is 53.4 Å². The second kappa shape index (κ2) is 6.83. The molecule has 0 aliphatic heterocycles. The summed E-state index contributed by atoms with van der Waals surface area (Å²) in [7, 11) is 0.0499. The first-order chi connectivity index (χ1) is 10.8. The van der Waals surface area contributed by atoms with Gasteiger partial charge in [-0.25, -0.2) is 8.42 Å². The Kier molecular flexibility index (Phi) is 5.05. The summed E-state index contributed by atoms with van der Waals surface area (Å²) in [4.78, 5) is 14.2. The molecule has 0 aliphatic rings. The maximum absolute atomic E-state index is 12.4. The van der Waals surface area contributed by atoms with Crippen molar-refractivity contribution in [2.75, 3.05) is 20.4 Å². The normalized spacial score (nSPS) is 11.1. The van der Waals surface area contributed by atoms with E-state index in [4.69, 9.17) is 4.74 Å². The quantitative estimate of drug-likeness (QED) is 0.843. The number of amides is 1. The molecule has 0 aromatic heterocycles. The van der Waals surface area contributed by atoms with Crippen LogP contribution in [0.25, 0.3) is 0 Å². The molecule has 1 amide bonds. The third kappa shape index (κ3) is 4.32. The van der Waals surface area contributed by atoms with Gasteiger partial charge in [-0.15, -0.1) is 0 Å². The lowest BCUT2D eigenvalue weighted by molar-refractivity contribution is 0.0785. The molecule has 2 aromatic rings. The van der Waals surface area contributed by atoms with Crippen LogP contribution in [-0.4, -0.2) is 39.6 Å². The highest BCUT2D eigenvalue weighted by atomic mass is 32.2. The van der Waals surface area contributed by atoms with Gasteiger partial charge >= 0.3 is 0 Å². The Balaban J connectivity index is 2.09. The van der Waals surface area contributed by atoms with E-state index in [1.54, 1.807) is 19.1 Å². The molecule has 0 fully saturated rings. The Labute approximate surface area is 136 Å². The Morgan fingerprint density at radius 1 is 1.04 bits per heavy atom. The summed E-state index contributed by atoms with van der Waals surface area (Å²) in [6.07, 6.45) is 1.14. The zero-order chi connectivity index (χ0) is 17.0. The number of sulfone groups is 1. The van der Waals surface area contributed by atoms with Crippen molar-refractivity contribution < 1.29 is 17.9 Å². The summed E-state index contributed by atoms with van der Waals surface area (Å²) in [5.41, 5.74) is 1.43. The van der Waals surface area contributed by atoms with Crippen LogP contribution in [0.5, 0.6) is 5.75 Å². The van der Waals surface area contributed by atoms with Gasteiger partial charge in [0.2, 0.25) is 0 Å². The molecule has 2 aromatic carbocycles. The summed E-state index contributed by atoms with van der Waals surface area (Å²) >= 11 is 0. The van der Waals surface area contributed by atoms with Crippen molar-refractivity contribution in [2.45, 2.75) is 11.4 Å². The highest BCUT2D eigenvalue weighted by Crippen LogP contribution is 2.15. The van der Waals surface area contributed by atoms with Crippen molar-refractivity contribution in [2.24, 2.45) is 0 Å². The first kappa shape index (κ1) is 17.0. The van der Waals surface area contributed by atoms with Gasteiger partial charge in [0.15, 0.2) is 9.84 Å². The van der Waals surface area contributed by atoms with Gasteiger partial charge < -0.3 is 9.64 Å². The van der Waals surface area contributed by atoms with Crippen LogP contribution in [0.2, 0.25) is 0 Å². The molecule has 0 radical (unpaired) electrons. The maximum Gasteiger partial charge on any atom is 0.253 e. The van der Waals surface area contributed by atoms with Crippen LogP contribution in [-0.2, 0) is 16.4 Å². The number of benzene rings is 2. The Bertz CT molecular complexity index is 780. The maximum atomic E-state index is 12.4. The van der Waals surface area contributed by atoms with E-state index in [9.17, 15) is 13.2 Å². The average Bonchev–Trinajstić information content (AvgIpc) is 2.54. The molecular weight excluding hydrogens is 314 g/mol. The third-order valence-corrected chi connectivity index (χ3v) is 4.58. The molecule has 0 heterocycles. The second-order valence-electron chi connectivity index (χ2n) is 5.31. The van der Waals surface area contributed by atoms with Crippen LogP contribution in [0.1, 0.15) is 15.9 Å². The van der Waals surface area contributed by atoms with Crippen molar-refractivity contribution >= 4 is 15.7 Å². The molecule has 2 rings (SSSR count). The number of methoxy groups -OCH3 is 1. The van der Waals surface area contributed by atoms with Crippen LogP contribution < -0.4 is 4.74 Å². The van der Waals surface area contributed by atoms with E-state index in [0.29, 0.717) is 12.1 Å². The topological polar surface area (TPSA) is 63.7 Å². The van der Waals surface area contributed by atoms with Gasteiger partial charge in [-0.05, 0) is 42.0 Å². The molecule has 23 heavy (non-hydrogen) atoms. The SMILES string of the molecule is COc1ccc(CN(C)C(=O)c2ccc(S(C)(=O)=O)cc2)cc1. The summed E-state index contributed by atoms with van der Waals surface area (Å²) in [6, 6.07) is 13.4. The third-order valence-electron chi connectivity index (χ3n) is 3.45. The van der Waals surface area contributed by atoms with E-state index < -0.39 is 9.84 Å². The van der Waals surface area contributed by atoms with E-state index in [1.165, 1.54) is 24.3 Å². The molecule has 5 nitrogen and oxygen atoms in total. The minimum Gasteiger partial charge on any atom is -0.497 e. The average molecular weight is 333 g/mol. The minimum atomic E-state index is -3.26. The molecule has 0 N–H and O–H groups in total. The van der Waals surface area contributed by atoms with Gasteiger partial charge in [-0.1, -0.05) is 12.1 Å². The van der Waals surface area contributed by atoms with Crippen molar-refractivity contribution in [3.05, 3.63) is 59.7 Å². The number of rotatable bonds is 5. The largest absolute Gasteiger partial charge is 0.497 e. The lowest BCUT2D eigenvalue weighted by Gasteiger charge is -2.17. The molecule has 0 unspecified atom stereocenters. The molecule has 0 saturated heterocycles. The Hall–Kier alpha value is -2.34. The van der Waals surface area contributed by atoms with E-state index in [1.807, 2.05) is 24.3 Å². The number of hydrogen-bond acceptors (Lipinski definition) is 4. The van der Waals surface area contributed by atoms with Crippen molar-refractivity contribution in [1.82, 2.24) is 4.90 Å². The van der Waals surface area contributed by atoms with E-state index in [-0.39, 0.29) is 10.8 Å². The van der Waals surface area contributed by atoms with Crippen LogP contribution in [0, 0.1) is 0 Å². The molecule has 0 bridgehead atoms. The van der Waals surface area contributed by atoms with Crippen molar-refractivity contribution in [1.29, 1.82) is 0 Å². The number of ether oxygens (including phenoxy) is 1. The van der Waals surface area contributed by atoms with Gasteiger partial charge in [-0.3, -0.25) is 4.79 Å². The van der Waals surface area contributed by atoms with Gasteiger partial charge in [0, 0.05) is 25.4 Å². The smallest absolute Gasteiger partial charge is 0.253 e. The summed E-state index contributed by atoms with van der Waals surface area (Å²) in [6.45, 7) is 0.455. The lowest BCUT2D eigenvalue weighted by atomic mass is 10.1. The lowest BCUT2D eigenvalue weighted by Crippen LogP contribution is -2.26. The monoisotopic (exact) mass is 333 g/mol. The Morgan fingerprint density at radius 3 is 2.09 bits per heavy atom. The van der Waals surface area contributed by atoms with Crippen molar-refractivity contribution in [3.63, 3.8) is 0 Å². The van der Waals surface area contributed by atoms with Crippen molar-refractivity contribution in [3.8, 4) is 5.75 Å². The molecule has 0 spiro atoms. The van der Waals surface area contributed by atoms with E-state index in [0.717, 1.165) is 17.6 Å². The molecule has 0 saturated carbocycles. The fourth-order valence-electron chi connectivity index (χ4n) is 2.14. The zero-order valence-electron chi connectivity index (χ0n) is 13.3. The number of carbonyl (C=O) groups excluding carboxylic acids is 1. The van der Waals surface area contributed by atoms with Gasteiger partial charge in [0.1, 0.15) is 5.75 Å². The summed E-state index contributed by atoms with van der Waals surface area (Å²) < 4.78 is 28.0. The first-order valence-electron chi connectivity index (χ1n) is 7.00. The molecule has 0 atom stereocenters. The molecular formula is C17H19NO4S. The Morgan fingerprint density at radius 2 is 1.61 bits per heavy atom.